The second kappa shape index (κ2) is 58.3. The molecule has 0 spiro atoms. The lowest BCUT2D eigenvalue weighted by atomic mass is 10.0. The van der Waals surface area contributed by atoms with E-state index in [9.17, 15) is 92.0 Å². The van der Waals surface area contributed by atoms with Gasteiger partial charge in [-0.1, -0.05) is 33.2 Å². The lowest BCUT2D eigenvalue weighted by Crippen LogP contribution is -2.36. The van der Waals surface area contributed by atoms with Crippen molar-refractivity contribution >= 4 is 95.1 Å². The maximum absolute atomic E-state index is 11.8. The second-order valence-corrected chi connectivity index (χ2v) is 34.3. The summed E-state index contributed by atoms with van der Waals surface area (Å²) in [6.45, 7) is 20.7. The summed E-state index contributed by atoms with van der Waals surface area (Å²) in [7, 11) is 0. The van der Waals surface area contributed by atoms with E-state index in [0.29, 0.717) is 50.9 Å². The molecule has 0 saturated carbocycles. The third-order valence-corrected chi connectivity index (χ3v) is 22.8. The quantitative estimate of drug-likeness (QED) is 0.0129. The van der Waals surface area contributed by atoms with Crippen LogP contribution in [-0.2, 0) is 190 Å². The first kappa shape index (κ1) is 117. The van der Waals surface area contributed by atoms with Crippen molar-refractivity contribution in [3.8, 4) is 0 Å². The Labute approximate surface area is 816 Å². The van der Waals surface area contributed by atoms with Gasteiger partial charge in [0.2, 0.25) is 0 Å². The smallest absolute Gasteiger partial charge is 0.331 e. The van der Waals surface area contributed by atoms with Gasteiger partial charge in [0, 0.05) is 93.7 Å². The van der Waals surface area contributed by atoms with Gasteiger partial charge in [-0.2, -0.15) is 0 Å². The van der Waals surface area contributed by atoms with E-state index < -0.39 is 212 Å². The number of hydrogen-bond acceptors (Lipinski definition) is 47. The highest BCUT2D eigenvalue weighted by atomic mass is 16.7. The third kappa shape index (κ3) is 38.8. The van der Waals surface area contributed by atoms with Crippen LogP contribution in [0.4, 0.5) is 0 Å². The maximum atomic E-state index is 11.8. The number of fused-ring (bicyclic) bond motifs is 7. The highest BCUT2D eigenvalue weighted by Gasteiger charge is 2.57. The predicted molar refractivity (Wildman–Crippen MR) is 467 cm³/mol. The average Bonchev–Trinajstić information content (AvgIpc) is 1.63. The number of ether oxygens (including phenoxy) is 24. The van der Waals surface area contributed by atoms with Gasteiger partial charge < -0.3 is 179 Å². The van der Waals surface area contributed by atoms with E-state index in [0.717, 1.165) is 42.5 Å². The number of Topliss-reactive ketones (excluding diaryl/α,β-unsaturated/α-hetero) is 2. The molecular weight excluding hydrogens is 1920 g/mol. The van der Waals surface area contributed by atoms with Crippen molar-refractivity contribution in [2.45, 2.75) is 282 Å². The van der Waals surface area contributed by atoms with Crippen LogP contribution in [0.15, 0.2) is 98.0 Å². The fraction of sp³-hybridized carbons (Fsp3) is 0.652. The van der Waals surface area contributed by atoms with Gasteiger partial charge in [-0.25, -0.2) is 28.8 Å². The zero-order chi connectivity index (χ0) is 105. The van der Waals surface area contributed by atoms with Gasteiger partial charge in [-0.05, 0) is 45.3 Å². The number of esters is 10. The minimum Gasteiger partial charge on any atom is -0.513 e. The Hall–Kier alpha value is -11.6. The van der Waals surface area contributed by atoms with Crippen molar-refractivity contribution in [2.24, 2.45) is 5.92 Å². The van der Waals surface area contributed by atoms with Crippen molar-refractivity contribution in [3.63, 3.8) is 0 Å². The summed E-state index contributed by atoms with van der Waals surface area (Å²) in [5, 5.41) is 97.9. The molecule has 0 bridgehead atoms. The molecule has 0 aromatic carbocycles. The number of ketones is 2. The molecule has 51 heteroatoms. The molecule has 14 fully saturated rings. The Morgan fingerprint density at radius 1 is 0.238 bits per heavy atom. The van der Waals surface area contributed by atoms with Gasteiger partial charge in [-0.15, -0.1) is 0 Å². The van der Waals surface area contributed by atoms with Crippen molar-refractivity contribution < 1.29 is 247 Å². The van der Waals surface area contributed by atoms with Crippen LogP contribution in [0.25, 0.3) is 0 Å². The number of aliphatic hydroxyl groups excluding tert-OH is 7. The van der Waals surface area contributed by atoms with Crippen LogP contribution in [0, 0.1) is 5.92 Å². The molecule has 796 valence electrons. The van der Waals surface area contributed by atoms with E-state index >= 15 is 0 Å². The molecule has 28 atom stereocenters. The number of carboxylic acid groups (broad SMARTS) is 4. The predicted octanol–water partition coefficient (Wildman–Crippen LogP) is 0.204. The van der Waals surface area contributed by atoms with Crippen LogP contribution in [0.2, 0.25) is 0 Å². The molecule has 11 N–H and O–H groups in total. The third-order valence-electron chi connectivity index (χ3n) is 22.8. The Kier molecular flexibility index (Phi) is 47.6. The van der Waals surface area contributed by atoms with E-state index in [1.165, 1.54) is 13.8 Å². The molecule has 0 unspecified atom stereocenters. The van der Waals surface area contributed by atoms with Gasteiger partial charge in [0.1, 0.15) is 121 Å². The molecule has 14 saturated heterocycles. The molecule has 143 heavy (non-hydrogen) atoms. The minimum atomic E-state index is -1.27. The van der Waals surface area contributed by atoms with Crippen LogP contribution < -0.4 is 0 Å². The topological polar surface area (TPSA) is 717 Å². The maximum Gasteiger partial charge on any atom is 0.331 e. The lowest BCUT2D eigenvalue weighted by Gasteiger charge is -2.17. The van der Waals surface area contributed by atoms with Crippen molar-refractivity contribution in [1.29, 1.82) is 0 Å². The summed E-state index contributed by atoms with van der Waals surface area (Å²) in [6, 6.07) is 0. The van der Waals surface area contributed by atoms with E-state index in [1.807, 2.05) is 6.92 Å². The van der Waals surface area contributed by atoms with Crippen LogP contribution in [0.3, 0.4) is 0 Å². The van der Waals surface area contributed by atoms with Crippen LogP contribution in [0.1, 0.15) is 117 Å². The van der Waals surface area contributed by atoms with Gasteiger partial charge in [0.05, 0.1) is 136 Å². The monoisotopic (exact) mass is 2040 g/mol. The summed E-state index contributed by atoms with van der Waals surface area (Å²) in [5.74, 6) is -10.5. The number of carboxylic acids is 4. The van der Waals surface area contributed by atoms with Crippen molar-refractivity contribution in [3.05, 3.63) is 98.0 Å². The summed E-state index contributed by atoms with van der Waals surface area (Å²) < 4.78 is 128. The first-order valence-corrected chi connectivity index (χ1v) is 45.7. The largest absolute Gasteiger partial charge is 0.513 e. The standard InChI is InChI=1S/C17H24O9.C15H20O9.C15H16O9.C12H18O6.C11H14O6.C11H16O6.C11H14O6/c1-10(18)4-2-6-14(21)25-11-8-23-17-12(9-24-16(11)17)26-15(22)7-3-5-13(19)20;2*1-8(16)2-4-12(19)23-9-6-21-15-10(7-22-14(9)15)24-13(20)5-3-11(17)18;1-7(13)3-2-4-10(15)18-9-6-17-11-8(14)5-16-12(9)11;1-6-4-15-11-7(5-16-10(6)11)17-9(14)3-2-8(12)13;2*1-6(12)2-3-9(14)17-8-5-16-10-7(13)4-15-11(8)10/h11-12,16-17H,2-9H2,1H3,(H,19,20);9-10,14-16H,1-7H2,(H,17,18);2-5,9-10,14-16H,1,6-7H2,(H,17,18);8-9,11-12,14H,2-6H2,1H3;2-3,6-7,10-11H,4-5H2,1H3,(H,12,13);7-8,10-13H,1-5H2;2-3,7-8,10-13H,1,4-5H2/t11-,12-,16-,17-;2*9-,10-,14-,15-;8-,9-,11-,12-;6-,7+,10+,11+;7-,8-,10-,11-;7-,8+,10-,11-/m1111011/s1. The fourth-order valence-electron chi connectivity index (χ4n) is 16.1. The number of aliphatic carboxylic acids is 4. The molecule has 0 amide bonds. The molecule has 0 radical (unpaired) electrons. The normalized spacial score (nSPS) is 31.6. The Bertz CT molecular complexity index is 4320. The Morgan fingerprint density at radius 2 is 0.441 bits per heavy atom. The molecule has 14 aliphatic rings. The van der Waals surface area contributed by atoms with Crippen molar-refractivity contribution in [1.82, 2.24) is 0 Å². The number of hydrogen-bond donors (Lipinski definition) is 11. The molecule has 14 aliphatic heterocycles. The molecule has 51 nitrogen and oxygen atoms in total. The number of allylic oxidation sites excluding steroid dienone is 4. The lowest BCUT2D eigenvalue weighted by molar-refractivity contribution is -0.157. The van der Waals surface area contributed by atoms with Gasteiger partial charge >= 0.3 is 83.6 Å². The number of aliphatic hydroxyl groups is 7. The Balaban J connectivity index is 0.000000205. The van der Waals surface area contributed by atoms with Gasteiger partial charge in [-0.3, -0.25) is 38.4 Å². The molecule has 0 aliphatic carbocycles. The number of rotatable bonds is 39. The second-order valence-electron chi connectivity index (χ2n) is 34.3. The first-order chi connectivity index (χ1) is 67.9. The highest BCUT2D eigenvalue weighted by Crippen LogP contribution is 2.38. The van der Waals surface area contributed by atoms with Crippen LogP contribution in [-0.4, -0.2) is 409 Å². The first-order valence-electron chi connectivity index (χ1n) is 45.7. The van der Waals surface area contributed by atoms with Gasteiger partial charge in [0.15, 0.2) is 61.0 Å². The fourth-order valence-corrected chi connectivity index (χ4v) is 16.1. The zero-order valence-electron chi connectivity index (χ0n) is 78.4. The molecule has 0 aromatic rings. The SMILES string of the molecule is C=C(O)C=CC(=O)O[C@@H]1CO[C@H]2[C@@H]1OC[C@H]2OC(=O)C=CC(=O)O.C=C(O)C=CC(=O)O[C@H]1CO[C@H]2[C@@H]1OC[C@H]2O.C=C(O)CCC(=O)O[C@@H]1CO[C@H]2[C@@H]1OC[C@H]2O.C=C(O)CCC(=O)O[C@@H]1CO[C@H]2[C@@H]1OC[C@H]2OC(=O)CCC(=O)O.CC(=O)CCCC(=O)O[C@@H]1CO[C@H]2[C@@H]1OC[C@H]2O.CC(=O)CCCC(=O)O[C@@H]1CO[C@H]2[C@@H]1OC[C@H]2OC(=O)CCCC(=O)O.C[C@H]1CO[C@H]2[C@@H]1OC[C@H]2OC(=O)C=CC(=O)O. The van der Waals surface area contributed by atoms with E-state index in [1.54, 1.807) is 0 Å². The molecule has 0 aromatic heterocycles. The molecular formula is C92H122O51. The minimum absolute atomic E-state index is 0.00315. The van der Waals surface area contributed by atoms with Gasteiger partial charge in [0.25, 0.3) is 0 Å². The zero-order valence-corrected chi connectivity index (χ0v) is 78.4. The summed E-state index contributed by atoms with van der Waals surface area (Å²) in [5.41, 5.74) is 0. The van der Waals surface area contributed by atoms with E-state index in [-0.39, 0.29) is 221 Å². The molecule has 14 heterocycles. The highest BCUT2D eigenvalue weighted by molar-refractivity contribution is 5.92. The summed E-state index contributed by atoms with van der Waals surface area (Å²) >= 11 is 0. The van der Waals surface area contributed by atoms with E-state index in [4.69, 9.17) is 155 Å². The average molecular weight is 2040 g/mol. The summed E-state index contributed by atoms with van der Waals surface area (Å²) in [6.07, 6.45) is -4.28. The summed E-state index contributed by atoms with van der Waals surface area (Å²) in [4.78, 5) is 179. The Morgan fingerprint density at radius 3 is 0.685 bits per heavy atom. The number of carbonyl (C=O) groups is 16. The van der Waals surface area contributed by atoms with Crippen LogP contribution in [0.5, 0.6) is 0 Å². The van der Waals surface area contributed by atoms with Crippen molar-refractivity contribution in [2.75, 3.05) is 92.5 Å². The molecule has 14 rings (SSSR count). The number of carbonyl (C=O) groups excluding carboxylic acids is 12. The van der Waals surface area contributed by atoms with Crippen LogP contribution >= 0.6 is 0 Å². The van der Waals surface area contributed by atoms with E-state index in [2.05, 4.69) is 26.3 Å².